The van der Waals surface area contributed by atoms with Crippen LogP contribution in [0.4, 0.5) is 17.1 Å². The van der Waals surface area contributed by atoms with Crippen LogP contribution in [0.2, 0.25) is 0 Å². The number of hydrogen-bond acceptors (Lipinski definition) is 5. The molecule has 6 heteroatoms. The summed E-state index contributed by atoms with van der Waals surface area (Å²) in [6.45, 7) is 0.709. The van der Waals surface area contributed by atoms with Gasteiger partial charge in [0.25, 0.3) is 5.69 Å². The number of aromatic hydroxyl groups is 1. The number of fused-ring (bicyclic) bond motifs is 1. The number of nitrogens with zero attached hydrogens (tertiary/aromatic N) is 2. The number of benzene rings is 3. The Balaban J connectivity index is 1.69. The summed E-state index contributed by atoms with van der Waals surface area (Å²) in [6, 6.07) is 22.2. The fraction of sp³-hybridized carbons (Fsp3) is 0.143. The maximum atomic E-state index is 11.1. The van der Waals surface area contributed by atoms with E-state index < -0.39 is 4.92 Å². The molecule has 1 aliphatic rings. The average molecular weight is 361 g/mol. The average Bonchev–Trinajstić information content (AvgIpc) is 3.05. The first-order valence-corrected chi connectivity index (χ1v) is 8.77. The van der Waals surface area contributed by atoms with E-state index in [2.05, 4.69) is 22.3 Å². The number of nitrogens with one attached hydrogen (secondary N) is 1. The number of non-ortho nitro benzene ring substituents is 1. The molecule has 1 heterocycles. The lowest BCUT2D eigenvalue weighted by Crippen LogP contribution is -2.30. The second-order valence-electron chi connectivity index (χ2n) is 6.49. The predicted octanol–water partition coefficient (Wildman–Crippen LogP) is 4.47. The van der Waals surface area contributed by atoms with E-state index in [0.717, 1.165) is 17.7 Å². The monoisotopic (exact) mass is 361 g/mol. The van der Waals surface area contributed by atoms with E-state index in [1.165, 1.54) is 11.6 Å². The Morgan fingerprint density at radius 2 is 1.78 bits per heavy atom. The van der Waals surface area contributed by atoms with E-state index in [9.17, 15) is 15.2 Å². The van der Waals surface area contributed by atoms with Crippen LogP contribution in [0.3, 0.4) is 0 Å². The third-order valence-electron chi connectivity index (χ3n) is 4.82. The van der Waals surface area contributed by atoms with Gasteiger partial charge in [-0.25, -0.2) is 0 Å². The fourth-order valence-corrected chi connectivity index (χ4v) is 3.48. The van der Waals surface area contributed by atoms with Crippen molar-refractivity contribution in [3.8, 4) is 5.75 Å². The summed E-state index contributed by atoms with van der Waals surface area (Å²) in [5, 5.41) is 24.8. The van der Waals surface area contributed by atoms with Gasteiger partial charge in [0, 0.05) is 24.2 Å². The van der Waals surface area contributed by atoms with Gasteiger partial charge >= 0.3 is 0 Å². The summed E-state index contributed by atoms with van der Waals surface area (Å²) < 4.78 is 0. The topological polar surface area (TPSA) is 78.6 Å². The molecule has 0 spiro atoms. The first kappa shape index (κ1) is 16.9. The smallest absolute Gasteiger partial charge is 0.271 e. The maximum absolute atomic E-state index is 11.1. The van der Waals surface area contributed by atoms with Crippen LogP contribution in [0.15, 0.2) is 72.8 Å². The van der Waals surface area contributed by atoms with Crippen molar-refractivity contribution in [1.82, 2.24) is 0 Å². The second kappa shape index (κ2) is 6.99. The highest BCUT2D eigenvalue weighted by atomic mass is 16.6. The second-order valence-corrected chi connectivity index (χ2v) is 6.49. The molecule has 136 valence electrons. The molecule has 0 bridgehead atoms. The van der Waals surface area contributed by atoms with Crippen LogP contribution in [0.25, 0.3) is 0 Å². The number of rotatable bonds is 5. The zero-order valence-electron chi connectivity index (χ0n) is 14.6. The molecule has 0 saturated heterocycles. The zero-order chi connectivity index (χ0) is 18.8. The molecule has 0 fully saturated rings. The van der Waals surface area contributed by atoms with Gasteiger partial charge in [-0.05, 0) is 24.1 Å². The van der Waals surface area contributed by atoms with Gasteiger partial charge in [-0.1, -0.05) is 48.5 Å². The van der Waals surface area contributed by atoms with E-state index in [-0.39, 0.29) is 17.6 Å². The van der Waals surface area contributed by atoms with Crippen LogP contribution in [0.1, 0.15) is 17.3 Å². The minimum absolute atomic E-state index is 0.0437. The van der Waals surface area contributed by atoms with Crippen LogP contribution in [-0.4, -0.2) is 16.6 Å². The molecule has 0 amide bonds. The molecular weight excluding hydrogens is 342 g/mol. The Hall–Kier alpha value is -3.54. The Morgan fingerprint density at radius 1 is 1.04 bits per heavy atom. The minimum atomic E-state index is -0.399. The van der Waals surface area contributed by atoms with Crippen molar-refractivity contribution in [3.63, 3.8) is 0 Å². The molecule has 6 nitrogen and oxygen atoms in total. The molecule has 1 atom stereocenters. The summed E-state index contributed by atoms with van der Waals surface area (Å²) in [4.78, 5) is 12.9. The summed E-state index contributed by atoms with van der Waals surface area (Å²) in [6.07, 6.45) is 0.537. The quantitative estimate of drug-likeness (QED) is 0.518. The third-order valence-corrected chi connectivity index (χ3v) is 4.82. The molecule has 3 aromatic carbocycles. The Bertz CT molecular complexity index is 975. The van der Waals surface area contributed by atoms with E-state index >= 15 is 0 Å². The highest BCUT2D eigenvalue weighted by Crippen LogP contribution is 2.44. The van der Waals surface area contributed by atoms with Crippen molar-refractivity contribution in [2.24, 2.45) is 0 Å². The van der Waals surface area contributed by atoms with Crippen molar-refractivity contribution in [3.05, 3.63) is 94.0 Å². The normalized spacial score (nSPS) is 15.3. The van der Waals surface area contributed by atoms with Crippen molar-refractivity contribution in [2.75, 3.05) is 16.8 Å². The van der Waals surface area contributed by atoms with Crippen LogP contribution in [0, 0.1) is 10.1 Å². The highest BCUT2D eigenvalue weighted by Gasteiger charge is 2.32. The summed E-state index contributed by atoms with van der Waals surface area (Å²) in [5.41, 5.74) is 3.59. The molecule has 0 unspecified atom stereocenters. The molecule has 4 rings (SSSR count). The number of hydrogen-bond donors (Lipinski definition) is 2. The van der Waals surface area contributed by atoms with Crippen LogP contribution < -0.4 is 10.2 Å². The Kier molecular flexibility index (Phi) is 4.38. The molecule has 27 heavy (non-hydrogen) atoms. The first-order valence-electron chi connectivity index (χ1n) is 8.77. The van der Waals surface area contributed by atoms with Crippen LogP contribution in [-0.2, 0) is 6.42 Å². The van der Waals surface area contributed by atoms with Gasteiger partial charge in [0.1, 0.15) is 11.9 Å². The van der Waals surface area contributed by atoms with Crippen molar-refractivity contribution in [1.29, 1.82) is 0 Å². The van der Waals surface area contributed by atoms with E-state index in [1.54, 1.807) is 24.3 Å². The molecule has 0 radical (unpaired) electrons. The summed E-state index contributed by atoms with van der Waals surface area (Å²) >= 11 is 0. The molecule has 2 N–H and O–H groups in total. The summed E-state index contributed by atoms with van der Waals surface area (Å²) in [5.74, 6) is 0.196. The maximum Gasteiger partial charge on any atom is 0.271 e. The van der Waals surface area contributed by atoms with Gasteiger partial charge in [-0.15, -0.1) is 0 Å². The Morgan fingerprint density at radius 3 is 2.52 bits per heavy atom. The largest absolute Gasteiger partial charge is 0.508 e. The lowest BCUT2D eigenvalue weighted by molar-refractivity contribution is -0.384. The number of phenolic OH excluding ortho intramolecular Hbond substituents is 1. The van der Waals surface area contributed by atoms with Gasteiger partial charge in [0.05, 0.1) is 16.3 Å². The molecule has 0 saturated carbocycles. The number of para-hydroxylation sites is 1. The fourth-order valence-electron chi connectivity index (χ4n) is 3.48. The van der Waals surface area contributed by atoms with Crippen LogP contribution >= 0.6 is 0 Å². The molecule has 0 aromatic heterocycles. The van der Waals surface area contributed by atoms with E-state index in [4.69, 9.17) is 0 Å². The third kappa shape index (κ3) is 3.29. The van der Waals surface area contributed by atoms with Gasteiger partial charge in [0.2, 0.25) is 0 Å². The zero-order valence-corrected chi connectivity index (χ0v) is 14.6. The number of nitro benzene ring substituents is 1. The lowest BCUT2D eigenvalue weighted by atomic mass is 10.1. The standard InChI is InChI=1S/C21H19N3O3/c25-20-9-5-4-8-17(20)21-22-18-14-16(24(26)27)10-11-19(18)23(21)13-12-15-6-2-1-3-7-15/h1-11,14,21-22,25H,12-13H2/t21-/m0/s1. The SMILES string of the molecule is O=[N+]([O-])c1ccc2c(c1)N[C@H](c1ccccc1O)N2CCc1ccccc1. The molecule has 3 aromatic rings. The molecular formula is C21H19N3O3. The number of nitro groups is 1. The number of anilines is 2. The van der Waals surface area contributed by atoms with Crippen molar-refractivity contribution < 1.29 is 10.0 Å². The van der Waals surface area contributed by atoms with Crippen molar-refractivity contribution in [2.45, 2.75) is 12.6 Å². The molecule has 1 aliphatic heterocycles. The summed E-state index contributed by atoms with van der Waals surface area (Å²) in [7, 11) is 0. The molecule has 0 aliphatic carbocycles. The van der Waals surface area contributed by atoms with Gasteiger partial charge in [-0.2, -0.15) is 0 Å². The minimum Gasteiger partial charge on any atom is -0.508 e. The van der Waals surface area contributed by atoms with Gasteiger partial charge in [0.15, 0.2) is 0 Å². The van der Waals surface area contributed by atoms with Gasteiger partial charge < -0.3 is 15.3 Å². The lowest BCUT2D eigenvalue weighted by Gasteiger charge is -2.27. The predicted molar refractivity (Wildman–Crippen MR) is 105 cm³/mol. The van der Waals surface area contributed by atoms with E-state index in [0.29, 0.717) is 12.2 Å². The van der Waals surface area contributed by atoms with Crippen LogP contribution in [0.5, 0.6) is 5.75 Å². The number of phenols is 1. The highest BCUT2D eigenvalue weighted by molar-refractivity contribution is 5.79. The first-order chi connectivity index (χ1) is 13.1. The van der Waals surface area contributed by atoms with Crippen molar-refractivity contribution >= 4 is 17.1 Å². The van der Waals surface area contributed by atoms with E-state index in [1.807, 2.05) is 30.3 Å². The van der Waals surface area contributed by atoms with Gasteiger partial charge in [-0.3, -0.25) is 10.1 Å². The Labute approximate surface area is 156 Å².